The van der Waals surface area contributed by atoms with Gasteiger partial charge in [0.25, 0.3) is 0 Å². The number of rotatable bonds is 50. The first kappa shape index (κ1) is 67.9. The van der Waals surface area contributed by atoms with E-state index in [0.29, 0.717) is 6.42 Å². The van der Waals surface area contributed by atoms with Crippen LogP contribution in [0.25, 0.3) is 0 Å². The van der Waals surface area contributed by atoms with Crippen molar-refractivity contribution in [3.8, 4) is 0 Å². The van der Waals surface area contributed by atoms with Crippen LogP contribution in [0.2, 0.25) is 0 Å². The van der Waals surface area contributed by atoms with Gasteiger partial charge in [0, 0.05) is 19.4 Å². The smallest absolute Gasteiger partial charge is 0.462 e. The van der Waals surface area contributed by atoms with Gasteiger partial charge in [-0.3, -0.25) is 18.6 Å². The van der Waals surface area contributed by atoms with Crippen molar-refractivity contribution >= 4 is 19.8 Å². The summed E-state index contributed by atoms with van der Waals surface area (Å²) in [6.45, 7) is 3.55. The Morgan fingerprint density at radius 2 is 0.764 bits per heavy atom. The van der Waals surface area contributed by atoms with Crippen LogP contribution < -0.4 is 5.73 Å². The number of phosphoric acid groups is 1. The molecule has 0 bridgehead atoms. The van der Waals surface area contributed by atoms with Crippen LogP contribution in [0.1, 0.15) is 200 Å². The molecule has 72 heavy (non-hydrogen) atoms. The van der Waals surface area contributed by atoms with E-state index >= 15 is 0 Å². The SMILES string of the molecule is CC/C=C\C/C=C\C/C=C\C/C=C\C/C=C\C/C=C\C/C=C\C/C=C\C/C=C\C/C=C\C/C=C\C/C=C\CCCCCCC(=O)OC(COC(=O)CCCCCCCCCCCC)COP(=O)(O)OCCN. The van der Waals surface area contributed by atoms with Gasteiger partial charge in [0.1, 0.15) is 6.61 Å². The van der Waals surface area contributed by atoms with Crippen LogP contribution in [0.15, 0.2) is 146 Å². The van der Waals surface area contributed by atoms with E-state index < -0.39 is 32.5 Å². The minimum Gasteiger partial charge on any atom is -0.462 e. The monoisotopic (exact) mass is 1020 g/mol. The number of nitrogens with two attached hydrogens (primary N) is 1. The quantitative estimate of drug-likeness (QED) is 0.0264. The van der Waals surface area contributed by atoms with Crippen LogP contribution in [-0.4, -0.2) is 49.3 Å². The summed E-state index contributed by atoms with van der Waals surface area (Å²) in [4.78, 5) is 34.9. The van der Waals surface area contributed by atoms with Gasteiger partial charge >= 0.3 is 19.8 Å². The van der Waals surface area contributed by atoms with E-state index in [9.17, 15) is 19.0 Å². The van der Waals surface area contributed by atoms with Gasteiger partial charge in [-0.2, -0.15) is 0 Å². The van der Waals surface area contributed by atoms with Gasteiger partial charge in [0.2, 0.25) is 0 Å². The number of allylic oxidation sites excluding steroid dienone is 24. The molecule has 0 heterocycles. The van der Waals surface area contributed by atoms with E-state index in [4.69, 9.17) is 24.3 Å². The Bertz CT molecular complexity index is 1680. The number of unbranched alkanes of at least 4 members (excludes halogenated alkanes) is 13. The van der Waals surface area contributed by atoms with Crippen molar-refractivity contribution in [2.24, 2.45) is 5.73 Å². The number of hydrogen-bond donors (Lipinski definition) is 2. The summed E-state index contributed by atoms with van der Waals surface area (Å²) in [7, 11) is -4.39. The van der Waals surface area contributed by atoms with Gasteiger partial charge in [0.15, 0.2) is 6.10 Å². The van der Waals surface area contributed by atoms with Gasteiger partial charge in [0.05, 0.1) is 13.2 Å². The molecule has 0 fully saturated rings. The number of carbonyl (C=O) groups is 2. The van der Waals surface area contributed by atoms with Crippen molar-refractivity contribution in [1.82, 2.24) is 0 Å². The third-order valence-electron chi connectivity index (χ3n) is 11.0. The highest BCUT2D eigenvalue weighted by Crippen LogP contribution is 2.43. The highest BCUT2D eigenvalue weighted by molar-refractivity contribution is 7.47. The van der Waals surface area contributed by atoms with E-state index in [1.165, 1.54) is 44.9 Å². The summed E-state index contributed by atoms with van der Waals surface area (Å²) in [5.41, 5.74) is 5.36. The minimum absolute atomic E-state index is 0.0426. The van der Waals surface area contributed by atoms with Crippen LogP contribution in [0.5, 0.6) is 0 Å². The molecule has 0 aromatic carbocycles. The molecule has 2 atom stereocenters. The average Bonchev–Trinajstić information content (AvgIpc) is 3.37. The van der Waals surface area contributed by atoms with Crippen molar-refractivity contribution in [2.45, 2.75) is 206 Å². The fraction of sp³-hybridized carbons (Fsp3) is 0.581. The molecule has 0 amide bonds. The molecule has 0 aliphatic rings. The Kier molecular flexibility index (Phi) is 53.0. The fourth-order valence-electron chi connectivity index (χ4n) is 6.91. The molecule has 0 aliphatic carbocycles. The Balaban J connectivity index is 4.03. The summed E-state index contributed by atoms with van der Waals surface area (Å²) in [5, 5.41) is 0. The lowest BCUT2D eigenvalue weighted by Crippen LogP contribution is -2.29. The molecule has 2 unspecified atom stereocenters. The first-order chi connectivity index (χ1) is 35.3. The van der Waals surface area contributed by atoms with Crippen LogP contribution >= 0.6 is 7.82 Å². The lowest BCUT2D eigenvalue weighted by molar-refractivity contribution is -0.161. The Labute approximate surface area is 439 Å². The average molecular weight is 1020 g/mol. The summed E-state index contributed by atoms with van der Waals surface area (Å²) in [6, 6.07) is 0. The van der Waals surface area contributed by atoms with Gasteiger partial charge in [-0.15, -0.1) is 0 Å². The van der Waals surface area contributed by atoms with Gasteiger partial charge in [-0.25, -0.2) is 4.57 Å². The van der Waals surface area contributed by atoms with Gasteiger partial charge < -0.3 is 20.1 Å². The lowest BCUT2D eigenvalue weighted by atomic mass is 10.1. The minimum atomic E-state index is -4.39. The normalized spacial score (nSPS) is 14.2. The van der Waals surface area contributed by atoms with Crippen LogP contribution in [0.4, 0.5) is 0 Å². The van der Waals surface area contributed by atoms with Crippen molar-refractivity contribution in [3.63, 3.8) is 0 Å². The fourth-order valence-corrected chi connectivity index (χ4v) is 7.67. The summed E-state index contributed by atoms with van der Waals surface area (Å²) in [6.07, 6.45) is 80.6. The lowest BCUT2D eigenvalue weighted by Gasteiger charge is -2.19. The van der Waals surface area contributed by atoms with Crippen molar-refractivity contribution in [3.05, 3.63) is 146 Å². The second-order valence-corrected chi connectivity index (χ2v) is 19.2. The van der Waals surface area contributed by atoms with Crippen LogP contribution in [0, 0.1) is 0 Å². The second kappa shape index (κ2) is 56.2. The summed E-state index contributed by atoms with van der Waals surface area (Å²) < 4.78 is 32.8. The molecule has 0 aliphatic heterocycles. The van der Waals surface area contributed by atoms with E-state index in [2.05, 4.69) is 160 Å². The second-order valence-electron chi connectivity index (χ2n) is 17.7. The highest BCUT2D eigenvalue weighted by Gasteiger charge is 2.26. The standard InChI is InChI=1S/C62H100NO8P/c1-3-5-7-9-11-13-15-16-17-18-19-20-21-22-23-24-25-26-27-28-29-30-31-32-33-34-35-36-37-38-39-40-41-42-43-44-45-47-49-51-53-55-62(65)71-60(59-70-72(66,67)69-57-56-63)58-68-61(64)54-52-50-48-46-14-12-10-8-6-4-2/h5,7,11,13,16-17,19-20,22-23,25-26,28-29,31-32,34-35,37-38,40-41,43-44,60H,3-4,6,8-10,12,14-15,18,21,24,27,30,33,36,39,42,45-59,63H2,1-2H3,(H,66,67)/b7-5-,13-11-,17-16-,20-19-,23-22-,26-25-,29-28-,32-31-,35-34-,38-37-,41-40-,44-43-. The zero-order chi connectivity index (χ0) is 52.4. The molecular weight excluding hydrogens is 918 g/mol. The van der Waals surface area contributed by atoms with E-state index in [-0.39, 0.29) is 32.6 Å². The van der Waals surface area contributed by atoms with Gasteiger partial charge in [-0.05, 0) is 103 Å². The van der Waals surface area contributed by atoms with E-state index in [1.54, 1.807) is 0 Å². The maximum Gasteiger partial charge on any atom is 0.472 e. The topological polar surface area (TPSA) is 134 Å². The molecule has 9 nitrogen and oxygen atoms in total. The molecule has 0 spiro atoms. The molecule has 406 valence electrons. The molecule has 10 heteroatoms. The maximum absolute atomic E-state index is 12.6. The number of hydrogen-bond acceptors (Lipinski definition) is 8. The van der Waals surface area contributed by atoms with Gasteiger partial charge in [-0.1, -0.05) is 230 Å². The number of carbonyl (C=O) groups excluding carboxylic acids is 2. The van der Waals surface area contributed by atoms with E-state index in [0.717, 1.165) is 122 Å². The summed E-state index contributed by atoms with van der Waals surface area (Å²) in [5.74, 6) is -0.869. The Hall–Kier alpha value is -4.11. The number of ether oxygens (including phenoxy) is 2. The molecule has 0 saturated heterocycles. The molecule has 0 rings (SSSR count). The highest BCUT2D eigenvalue weighted by atomic mass is 31.2. The predicted octanol–water partition coefficient (Wildman–Crippen LogP) is 17.6. The maximum atomic E-state index is 12.6. The first-order valence-electron chi connectivity index (χ1n) is 27.8. The van der Waals surface area contributed by atoms with E-state index in [1.807, 2.05) is 0 Å². The molecule has 0 aromatic rings. The molecule has 0 radical (unpaired) electrons. The van der Waals surface area contributed by atoms with Crippen molar-refractivity contribution < 1.29 is 37.6 Å². The zero-order valence-electron chi connectivity index (χ0n) is 45.1. The van der Waals surface area contributed by atoms with Crippen molar-refractivity contribution in [2.75, 3.05) is 26.4 Å². The Morgan fingerprint density at radius 3 is 1.14 bits per heavy atom. The first-order valence-corrected chi connectivity index (χ1v) is 29.3. The van der Waals surface area contributed by atoms with Crippen LogP contribution in [0.3, 0.4) is 0 Å². The molecule has 0 saturated carbocycles. The number of esters is 2. The third-order valence-corrected chi connectivity index (χ3v) is 12.0. The molecular formula is C62H100NO8P. The van der Waals surface area contributed by atoms with Crippen molar-refractivity contribution in [1.29, 1.82) is 0 Å². The predicted molar refractivity (Wildman–Crippen MR) is 307 cm³/mol. The molecule has 0 aromatic heterocycles. The zero-order valence-corrected chi connectivity index (χ0v) is 46.0. The van der Waals surface area contributed by atoms with Crippen LogP contribution in [-0.2, 0) is 32.7 Å². The largest absolute Gasteiger partial charge is 0.472 e. The Morgan fingerprint density at radius 1 is 0.431 bits per heavy atom. The number of phosphoric ester groups is 1. The molecule has 3 N–H and O–H groups in total. The third kappa shape index (κ3) is 55.2. The summed E-state index contributed by atoms with van der Waals surface area (Å²) >= 11 is 0.